The minimum absolute atomic E-state index is 0.0257. The van der Waals surface area contributed by atoms with Gasteiger partial charge in [0.1, 0.15) is 5.75 Å². The molecule has 21 heavy (non-hydrogen) atoms. The predicted octanol–water partition coefficient (Wildman–Crippen LogP) is 2.52. The highest BCUT2D eigenvalue weighted by molar-refractivity contribution is 5.42. The molecule has 0 saturated carbocycles. The van der Waals surface area contributed by atoms with E-state index >= 15 is 0 Å². The van der Waals surface area contributed by atoms with E-state index < -0.39 is 12.1 Å². The monoisotopic (exact) mass is 295 g/mol. The van der Waals surface area contributed by atoms with Crippen molar-refractivity contribution in [2.45, 2.75) is 58.1 Å². The molecule has 4 heteroatoms. The minimum atomic E-state index is -0.779. The van der Waals surface area contributed by atoms with Crippen molar-refractivity contribution in [2.24, 2.45) is 5.73 Å². The SMILES string of the molecule is CCCOc1ccc(C(O)C(N)CCO)cc1C(C)(C)C. The first kappa shape index (κ1) is 18.0. The zero-order chi connectivity index (χ0) is 16.0. The summed E-state index contributed by atoms with van der Waals surface area (Å²) < 4.78 is 5.80. The van der Waals surface area contributed by atoms with E-state index in [2.05, 4.69) is 27.7 Å². The van der Waals surface area contributed by atoms with E-state index in [1.165, 1.54) is 0 Å². The smallest absolute Gasteiger partial charge is 0.123 e. The Morgan fingerprint density at radius 3 is 2.48 bits per heavy atom. The van der Waals surface area contributed by atoms with Crippen molar-refractivity contribution >= 4 is 0 Å². The number of aliphatic hydroxyl groups is 2. The largest absolute Gasteiger partial charge is 0.493 e. The first-order chi connectivity index (χ1) is 9.81. The van der Waals surface area contributed by atoms with Crippen molar-refractivity contribution in [1.29, 1.82) is 0 Å². The number of nitrogens with two attached hydrogens (primary N) is 1. The average Bonchev–Trinajstić information content (AvgIpc) is 2.43. The van der Waals surface area contributed by atoms with Crippen LogP contribution in [0.4, 0.5) is 0 Å². The Kier molecular flexibility index (Phi) is 6.65. The molecule has 0 radical (unpaired) electrons. The van der Waals surface area contributed by atoms with Gasteiger partial charge in [-0.15, -0.1) is 0 Å². The van der Waals surface area contributed by atoms with Crippen LogP contribution in [-0.4, -0.2) is 29.5 Å². The summed E-state index contributed by atoms with van der Waals surface area (Å²) in [6.45, 7) is 9.07. The summed E-state index contributed by atoms with van der Waals surface area (Å²) in [6, 6.07) is 5.25. The number of benzene rings is 1. The molecule has 0 aliphatic rings. The van der Waals surface area contributed by atoms with Crippen molar-refractivity contribution in [2.75, 3.05) is 13.2 Å². The number of hydrogen-bond donors (Lipinski definition) is 3. The van der Waals surface area contributed by atoms with E-state index in [0.717, 1.165) is 23.3 Å². The fourth-order valence-corrected chi connectivity index (χ4v) is 2.21. The number of ether oxygens (including phenoxy) is 1. The molecule has 1 rings (SSSR count). The maximum Gasteiger partial charge on any atom is 0.123 e. The Balaban J connectivity index is 3.09. The second-order valence-corrected chi connectivity index (χ2v) is 6.48. The highest BCUT2D eigenvalue weighted by Crippen LogP contribution is 2.34. The van der Waals surface area contributed by atoms with E-state index in [0.29, 0.717) is 13.0 Å². The fourth-order valence-electron chi connectivity index (χ4n) is 2.21. The van der Waals surface area contributed by atoms with Gasteiger partial charge >= 0.3 is 0 Å². The van der Waals surface area contributed by atoms with Crippen LogP contribution in [-0.2, 0) is 5.41 Å². The first-order valence-corrected chi connectivity index (χ1v) is 7.63. The predicted molar refractivity (Wildman–Crippen MR) is 85.6 cm³/mol. The molecule has 120 valence electrons. The number of hydrogen-bond acceptors (Lipinski definition) is 4. The Bertz CT molecular complexity index is 440. The van der Waals surface area contributed by atoms with Gasteiger partial charge in [0, 0.05) is 12.6 Å². The lowest BCUT2D eigenvalue weighted by atomic mass is 9.84. The molecule has 0 saturated heterocycles. The molecule has 0 aliphatic carbocycles. The molecule has 0 aromatic heterocycles. The van der Waals surface area contributed by atoms with Gasteiger partial charge in [0.05, 0.1) is 12.7 Å². The normalized spacial score (nSPS) is 14.8. The van der Waals surface area contributed by atoms with Gasteiger partial charge < -0.3 is 20.7 Å². The van der Waals surface area contributed by atoms with E-state index in [1.54, 1.807) is 0 Å². The molecular weight excluding hydrogens is 266 g/mol. The van der Waals surface area contributed by atoms with Crippen LogP contribution in [0.15, 0.2) is 18.2 Å². The fraction of sp³-hybridized carbons (Fsp3) is 0.647. The van der Waals surface area contributed by atoms with Crippen LogP contribution in [0.25, 0.3) is 0 Å². The van der Waals surface area contributed by atoms with Gasteiger partial charge in [-0.05, 0) is 41.5 Å². The maximum atomic E-state index is 10.3. The van der Waals surface area contributed by atoms with Crippen LogP contribution >= 0.6 is 0 Å². The number of rotatable bonds is 7. The molecule has 0 fully saturated rings. The molecular formula is C17H29NO3. The van der Waals surface area contributed by atoms with Crippen LogP contribution in [0, 0.1) is 0 Å². The standard InChI is InChI=1S/C17H29NO3/c1-5-10-21-15-7-6-12(11-13(15)17(2,3)4)16(20)14(18)8-9-19/h6-7,11,14,16,19-20H,5,8-10,18H2,1-4H3. The second-order valence-electron chi connectivity index (χ2n) is 6.48. The van der Waals surface area contributed by atoms with Crippen molar-refractivity contribution in [3.05, 3.63) is 29.3 Å². The van der Waals surface area contributed by atoms with Crippen LogP contribution < -0.4 is 10.5 Å². The highest BCUT2D eigenvalue weighted by Gasteiger charge is 2.23. The number of aliphatic hydroxyl groups excluding tert-OH is 2. The molecule has 1 aromatic carbocycles. The maximum absolute atomic E-state index is 10.3. The van der Waals surface area contributed by atoms with E-state index in [9.17, 15) is 5.11 Å². The summed E-state index contributed by atoms with van der Waals surface area (Å²) in [5.41, 5.74) is 7.64. The molecule has 0 aliphatic heterocycles. The third-order valence-corrected chi connectivity index (χ3v) is 3.48. The quantitative estimate of drug-likeness (QED) is 0.722. The molecule has 0 heterocycles. The molecule has 0 amide bonds. The van der Waals surface area contributed by atoms with Gasteiger partial charge in [0.15, 0.2) is 0 Å². The summed E-state index contributed by atoms with van der Waals surface area (Å²) in [4.78, 5) is 0. The molecule has 2 unspecified atom stereocenters. The lowest BCUT2D eigenvalue weighted by Crippen LogP contribution is -2.29. The Labute approximate surface area is 127 Å². The topological polar surface area (TPSA) is 75.7 Å². The molecule has 0 spiro atoms. The average molecular weight is 295 g/mol. The van der Waals surface area contributed by atoms with E-state index in [1.807, 2.05) is 18.2 Å². The van der Waals surface area contributed by atoms with Gasteiger partial charge in [-0.1, -0.05) is 33.8 Å². The van der Waals surface area contributed by atoms with Gasteiger partial charge in [-0.25, -0.2) is 0 Å². The Morgan fingerprint density at radius 2 is 1.95 bits per heavy atom. The highest BCUT2D eigenvalue weighted by atomic mass is 16.5. The summed E-state index contributed by atoms with van der Waals surface area (Å²) >= 11 is 0. The lowest BCUT2D eigenvalue weighted by molar-refractivity contribution is 0.129. The Hall–Kier alpha value is -1.10. The summed E-state index contributed by atoms with van der Waals surface area (Å²) in [5.74, 6) is 0.857. The van der Waals surface area contributed by atoms with Gasteiger partial charge in [-0.2, -0.15) is 0 Å². The Morgan fingerprint density at radius 1 is 1.29 bits per heavy atom. The minimum Gasteiger partial charge on any atom is -0.493 e. The lowest BCUT2D eigenvalue weighted by Gasteiger charge is -2.26. The zero-order valence-electron chi connectivity index (χ0n) is 13.6. The molecule has 0 bridgehead atoms. The molecule has 1 aromatic rings. The third kappa shape index (κ3) is 4.99. The van der Waals surface area contributed by atoms with Gasteiger partial charge in [0.2, 0.25) is 0 Å². The van der Waals surface area contributed by atoms with Crippen molar-refractivity contribution < 1.29 is 14.9 Å². The van der Waals surface area contributed by atoms with Crippen LogP contribution in [0.2, 0.25) is 0 Å². The van der Waals surface area contributed by atoms with Crippen molar-refractivity contribution in [3.63, 3.8) is 0 Å². The van der Waals surface area contributed by atoms with E-state index in [4.69, 9.17) is 15.6 Å². The third-order valence-electron chi connectivity index (χ3n) is 3.48. The van der Waals surface area contributed by atoms with Crippen LogP contribution in [0.1, 0.15) is 57.8 Å². The first-order valence-electron chi connectivity index (χ1n) is 7.63. The summed E-state index contributed by atoms with van der Waals surface area (Å²) in [7, 11) is 0. The van der Waals surface area contributed by atoms with Crippen molar-refractivity contribution in [1.82, 2.24) is 0 Å². The summed E-state index contributed by atoms with van der Waals surface area (Å²) in [6.07, 6.45) is 0.550. The summed E-state index contributed by atoms with van der Waals surface area (Å²) in [5, 5.41) is 19.2. The van der Waals surface area contributed by atoms with E-state index in [-0.39, 0.29) is 12.0 Å². The van der Waals surface area contributed by atoms with Crippen LogP contribution in [0.3, 0.4) is 0 Å². The van der Waals surface area contributed by atoms with Crippen molar-refractivity contribution in [3.8, 4) is 5.75 Å². The molecule has 4 N–H and O–H groups in total. The molecule has 4 nitrogen and oxygen atoms in total. The second kappa shape index (κ2) is 7.78. The van der Waals surface area contributed by atoms with Gasteiger partial charge in [-0.3, -0.25) is 0 Å². The molecule has 2 atom stereocenters. The zero-order valence-corrected chi connectivity index (χ0v) is 13.6. The van der Waals surface area contributed by atoms with Gasteiger partial charge in [0.25, 0.3) is 0 Å². The van der Waals surface area contributed by atoms with Crippen LogP contribution in [0.5, 0.6) is 5.75 Å².